The third kappa shape index (κ3) is 1.31. The van der Waals surface area contributed by atoms with Crippen LogP contribution in [0.5, 0.6) is 0 Å². The number of rotatable bonds is 1. The first-order chi connectivity index (χ1) is 7.57. The van der Waals surface area contributed by atoms with Gasteiger partial charge in [0, 0.05) is 11.8 Å². The van der Waals surface area contributed by atoms with Crippen molar-refractivity contribution >= 4 is 17.7 Å². The Morgan fingerprint density at radius 1 is 1.44 bits per heavy atom. The van der Waals surface area contributed by atoms with E-state index in [1.54, 1.807) is 0 Å². The molecule has 16 heavy (non-hydrogen) atoms. The average molecular weight is 239 g/mol. The highest BCUT2D eigenvalue weighted by molar-refractivity contribution is 7.99. The molecule has 1 saturated heterocycles. The summed E-state index contributed by atoms with van der Waals surface area (Å²) < 4.78 is 0. The third-order valence-electron chi connectivity index (χ3n) is 4.59. The van der Waals surface area contributed by atoms with Gasteiger partial charge in [-0.1, -0.05) is 13.8 Å². The Bertz CT molecular complexity index is 335. The van der Waals surface area contributed by atoms with E-state index in [-0.39, 0.29) is 5.54 Å². The summed E-state index contributed by atoms with van der Waals surface area (Å²) in [6.07, 6.45) is 3.89. The third-order valence-corrected chi connectivity index (χ3v) is 5.77. The van der Waals surface area contributed by atoms with Gasteiger partial charge in [0.1, 0.15) is 0 Å². The van der Waals surface area contributed by atoms with Crippen LogP contribution >= 0.6 is 11.8 Å². The average Bonchev–Trinajstić information content (AvgIpc) is 2.98. The maximum atomic E-state index is 6.11. The summed E-state index contributed by atoms with van der Waals surface area (Å²) in [5.41, 5.74) is 6.66. The van der Waals surface area contributed by atoms with E-state index in [0.29, 0.717) is 11.5 Å². The van der Waals surface area contributed by atoms with Crippen molar-refractivity contribution in [3.8, 4) is 0 Å². The molecule has 0 bridgehead atoms. The molecule has 2 heterocycles. The molecule has 0 amide bonds. The lowest BCUT2D eigenvalue weighted by Crippen LogP contribution is -2.64. The molecular weight excluding hydrogens is 218 g/mol. The van der Waals surface area contributed by atoms with Gasteiger partial charge in [0.25, 0.3) is 0 Å². The summed E-state index contributed by atoms with van der Waals surface area (Å²) in [5, 5.41) is 0. The van der Waals surface area contributed by atoms with Crippen LogP contribution < -0.4 is 5.73 Å². The number of hydrogen-bond donors (Lipinski definition) is 1. The Morgan fingerprint density at radius 3 is 2.81 bits per heavy atom. The molecule has 0 aromatic rings. The summed E-state index contributed by atoms with van der Waals surface area (Å²) in [6, 6.07) is 0.684. The normalized spacial score (nSPS) is 37.9. The van der Waals surface area contributed by atoms with Crippen LogP contribution in [0.25, 0.3) is 0 Å². The smallest absolute Gasteiger partial charge is 0.192 e. The van der Waals surface area contributed by atoms with Crippen LogP contribution in [-0.2, 0) is 0 Å². The van der Waals surface area contributed by atoms with Crippen LogP contribution in [0.15, 0.2) is 4.99 Å². The summed E-state index contributed by atoms with van der Waals surface area (Å²) in [7, 11) is 0. The minimum atomic E-state index is 0.209. The predicted molar refractivity (Wildman–Crippen MR) is 69.8 cm³/mol. The van der Waals surface area contributed by atoms with Crippen LogP contribution in [-0.4, -0.2) is 40.5 Å². The molecule has 3 nitrogen and oxygen atoms in total. The van der Waals surface area contributed by atoms with Gasteiger partial charge in [0.15, 0.2) is 5.96 Å². The molecule has 2 aliphatic heterocycles. The van der Waals surface area contributed by atoms with E-state index in [2.05, 4.69) is 35.5 Å². The molecule has 0 aromatic heterocycles. The van der Waals surface area contributed by atoms with E-state index in [9.17, 15) is 0 Å². The lowest BCUT2D eigenvalue weighted by atomic mass is 9.70. The first-order valence-corrected chi connectivity index (χ1v) is 7.39. The summed E-state index contributed by atoms with van der Waals surface area (Å²) >= 11 is 2.07. The quantitative estimate of drug-likeness (QED) is 0.757. The second-order valence-electron chi connectivity index (χ2n) is 5.99. The Labute approximate surface area is 102 Å². The van der Waals surface area contributed by atoms with Crippen molar-refractivity contribution in [2.75, 3.05) is 18.1 Å². The van der Waals surface area contributed by atoms with Crippen LogP contribution in [0.1, 0.15) is 33.1 Å². The van der Waals surface area contributed by atoms with Gasteiger partial charge in [0.05, 0.1) is 12.1 Å². The van der Waals surface area contributed by atoms with Crippen molar-refractivity contribution in [2.24, 2.45) is 16.1 Å². The standard InChI is InChI=1S/C12H21N3S/c1-11(2)5-6-16-8-12(11)7-14-10(13)15(12)9-3-4-9/h9H,3-8H2,1-2H3,(H2,13,14). The molecular formula is C12H21N3S. The minimum absolute atomic E-state index is 0.209. The van der Waals surface area contributed by atoms with Gasteiger partial charge in [-0.3, -0.25) is 4.99 Å². The monoisotopic (exact) mass is 239 g/mol. The van der Waals surface area contributed by atoms with Crippen molar-refractivity contribution in [2.45, 2.75) is 44.7 Å². The fourth-order valence-corrected chi connectivity index (χ4v) is 4.86. The topological polar surface area (TPSA) is 41.6 Å². The fraction of sp³-hybridized carbons (Fsp3) is 0.917. The van der Waals surface area contributed by atoms with Crippen molar-refractivity contribution in [3.63, 3.8) is 0 Å². The molecule has 1 spiro atoms. The Kier molecular flexibility index (Phi) is 2.23. The molecule has 1 aliphatic carbocycles. The molecule has 3 rings (SSSR count). The number of hydrogen-bond acceptors (Lipinski definition) is 4. The Balaban J connectivity index is 1.96. The molecule has 0 aromatic carbocycles. The first-order valence-electron chi connectivity index (χ1n) is 6.24. The summed E-state index contributed by atoms with van der Waals surface area (Å²) in [6.45, 7) is 5.71. The minimum Gasteiger partial charge on any atom is -0.370 e. The van der Waals surface area contributed by atoms with Gasteiger partial charge in [-0.2, -0.15) is 11.8 Å². The maximum absolute atomic E-state index is 6.11. The molecule has 90 valence electrons. The van der Waals surface area contributed by atoms with Gasteiger partial charge in [-0.05, 0) is 30.4 Å². The number of nitrogens with two attached hydrogens (primary N) is 1. The van der Waals surface area contributed by atoms with E-state index in [4.69, 9.17) is 5.73 Å². The largest absolute Gasteiger partial charge is 0.370 e. The zero-order valence-corrected chi connectivity index (χ0v) is 11.0. The Hall–Kier alpha value is -0.380. The lowest BCUT2D eigenvalue weighted by Gasteiger charge is -2.53. The summed E-state index contributed by atoms with van der Waals surface area (Å²) in [4.78, 5) is 7.03. The highest BCUT2D eigenvalue weighted by Crippen LogP contribution is 2.51. The van der Waals surface area contributed by atoms with E-state index >= 15 is 0 Å². The predicted octanol–water partition coefficient (Wildman–Crippen LogP) is 1.68. The summed E-state index contributed by atoms with van der Waals surface area (Å²) in [5.74, 6) is 3.28. The molecule has 4 heteroatoms. The second-order valence-corrected chi connectivity index (χ2v) is 7.10. The fourth-order valence-electron chi connectivity index (χ4n) is 3.10. The molecule has 0 radical (unpaired) electrons. The molecule has 3 aliphatic rings. The van der Waals surface area contributed by atoms with Crippen molar-refractivity contribution in [1.82, 2.24) is 4.90 Å². The number of guanidine groups is 1. The highest BCUT2D eigenvalue weighted by atomic mass is 32.2. The molecule has 2 N–H and O–H groups in total. The van der Waals surface area contributed by atoms with Crippen LogP contribution in [0.2, 0.25) is 0 Å². The van der Waals surface area contributed by atoms with Gasteiger partial charge < -0.3 is 10.6 Å². The van der Waals surface area contributed by atoms with Crippen molar-refractivity contribution in [3.05, 3.63) is 0 Å². The molecule has 1 atom stereocenters. The van der Waals surface area contributed by atoms with E-state index < -0.39 is 0 Å². The van der Waals surface area contributed by atoms with Gasteiger partial charge >= 0.3 is 0 Å². The van der Waals surface area contributed by atoms with Gasteiger partial charge in [-0.15, -0.1) is 0 Å². The van der Waals surface area contributed by atoms with Gasteiger partial charge in [-0.25, -0.2) is 0 Å². The Morgan fingerprint density at radius 2 is 2.19 bits per heavy atom. The second kappa shape index (κ2) is 3.31. The SMILES string of the molecule is CC1(C)CCSCC12CN=C(N)N2C1CC1. The van der Waals surface area contributed by atoms with Crippen molar-refractivity contribution in [1.29, 1.82) is 0 Å². The zero-order valence-electron chi connectivity index (χ0n) is 10.2. The molecule has 2 fully saturated rings. The number of thioether (sulfide) groups is 1. The number of nitrogens with zero attached hydrogens (tertiary/aromatic N) is 2. The van der Waals surface area contributed by atoms with Crippen LogP contribution in [0.3, 0.4) is 0 Å². The lowest BCUT2D eigenvalue weighted by molar-refractivity contribution is 0.0606. The number of aliphatic imine (C=N–C) groups is 1. The first kappa shape index (κ1) is 10.8. The van der Waals surface area contributed by atoms with Crippen LogP contribution in [0, 0.1) is 5.41 Å². The van der Waals surface area contributed by atoms with Crippen LogP contribution in [0.4, 0.5) is 0 Å². The highest BCUT2D eigenvalue weighted by Gasteiger charge is 2.57. The molecule has 1 unspecified atom stereocenters. The van der Waals surface area contributed by atoms with Crippen molar-refractivity contribution < 1.29 is 0 Å². The van der Waals surface area contributed by atoms with E-state index in [1.807, 2.05) is 0 Å². The zero-order chi connectivity index (χ0) is 11.4. The maximum Gasteiger partial charge on any atom is 0.192 e. The van der Waals surface area contributed by atoms with Gasteiger partial charge in [0.2, 0.25) is 0 Å². The molecule has 1 saturated carbocycles. The van der Waals surface area contributed by atoms with E-state index in [0.717, 1.165) is 12.5 Å². The van der Waals surface area contributed by atoms with E-state index in [1.165, 1.54) is 30.8 Å².